The molecule has 2 aromatic rings. The Bertz CT molecular complexity index is 992. The predicted molar refractivity (Wildman–Crippen MR) is 132 cm³/mol. The molecule has 2 aliphatic carbocycles. The van der Waals surface area contributed by atoms with Gasteiger partial charge in [-0.2, -0.15) is 0 Å². The van der Waals surface area contributed by atoms with E-state index in [4.69, 9.17) is 0 Å². The highest BCUT2D eigenvalue weighted by molar-refractivity contribution is 5.89. The Kier molecular flexibility index (Phi) is 6.49. The zero-order chi connectivity index (χ0) is 22.9. The molecule has 0 radical (unpaired) electrons. The molecule has 2 N–H and O–H groups in total. The number of nitrogens with zero attached hydrogens (tertiary/aromatic N) is 1. The van der Waals surface area contributed by atoms with E-state index in [1.165, 1.54) is 29.3 Å². The highest BCUT2D eigenvalue weighted by Gasteiger charge is 2.49. The normalized spacial score (nSPS) is 27.5. The van der Waals surface area contributed by atoms with E-state index >= 15 is 0 Å². The molecule has 3 aliphatic rings. The summed E-state index contributed by atoms with van der Waals surface area (Å²) in [6.07, 6.45) is 12.0. The number of fused-ring (bicyclic) bond motifs is 2. The zero-order valence-corrected chi connectivity index (χ0v) is 20.2. The van der Waals surface area contributed by atoms with Gasteiger partial charge in [-0.15, -0.1) is 0 Å². The van der Waals surface area contributed by atoms with Crippen LogP contribution in [0.1, 0.15) is 83.1 Å². The number of H-pyrrole nitrogens is 1. The molecule has 2 amide bonds. The van der Waals surface area contributed by atoms with Crippen molar-refractivity contribution in [2.24, 2.45) is 17.8 Å². The minimum Gasteiger partial charge on any atom is -0.361 e. The monoisotopic (exact) mass is 449 g/mol. The average molecular weight is 450 g/mol. The summed E-state index contributed by atoms with van der Waals surface area (Å²) in [5.74, 6) is 1.38. The van der Waals surface area contributed by atoms with Crippen LogP contribution in [-0.4, -0.2) is 40.3 Å². The summed E-state index contributed by atoms with van der Waals surface area (Å²) in [4.78, 5) is 32.6. The number of para-hydroxylation sites is 1. The number of benzene rings is 1. The number of carbonyl (C=O) groups excluding carboxylic acids is 2. The summed E-state index contributed by atoms with van der Waals surface area (Å²) >= 11 is 0. The summed E-state index contributed by atoms with van der Waals surface area (Å²) in [6, 6.07) is 8.39. The fourth-order valence-corrected chi connectivity index (χ4v) is 6.81. The van der Waals surface area contributed by atoms with Crippen molar-refractivity contribution in [3.05, 3.63) is 36.0 Å². The molecule has 1 saturated heterocycles. The maximum absolute atomic E-state index is 14.1. The van der Waals surface area contributed by atoms with E-state index in [9.17, 15) is 9.59 Å². The van der Waals surface area contributed by atoms with Crippen molar-refractivity contribution in [2.45, 2.75) is 89.6 Å². The van der Waals surface area contributed by atoms with Crippen LogP contribution in [0, 0.1) is 17.8 Å². The average Bonchev–Trinajstić information content (AvgIpc) is 3.57. The Hall–Kier alpha value is -2.30. The van der Waals surface area contributed by atoms with Gasteiger partial charge in [-0.25, -0.2) is 0 Å². The number of likely N-dealkylation sites (tertiary alicyclic amines) is 1. The number of carbonyl (C=O) groups is 2. The molecule has 33 heavy (non-hydrogen) atoms. The fourth-order valence-electron chi connectivity index (χ4n) is 6.81. The molecule has 5 rings (SSSR count). The van der Waals surface area contributed by atoms with Gasteiger partial charge in [-0.3, -0.25) is 9.59 Å². The van der Waals surface area contributed by atoms with Crippen molar-refractivity contribution in [3.63, 3.8) is 0 Å². The number of rotatable bonds is 6. The molecule has 0 spiro atoms. The summed E-state index contributed by atoms with van der Waals surface area (Å²) in [5, 5.41) is 4.53. The molecule has 5 nitrogen and oxygen atoms in total. The highest BCUT2D eigenvalue weighted by atomic mass is 16.2. The van der Waals surface area contributed by atoms with Gasteiger partial charge in [0.05, 0.1) is 0 Å². The predicted octanol–water partition coefficient (Wildman–Crippen LogP) is 5.37. The Morgan fingerprint density at radius 2 is 1.88 bits per heavy atom. The van der Waals surface area contributed by atoms with Gasteiger partial charge in [-0.05, 0) is 62.0 Å². The zero-order valence-electron chi connectivity index (χ0n) is 20.2. The van der Waals surface area contributed by atoms with Crippen LogP contribution < -0.4 is 5.32 Å². The van der Waals surface area contributed by atoms with Crippen molar-refractivity contribution < 1.29 is 9.59 Å². The number of hydrogen-bond acceptors (Lipinski definition) is 2. The van der Waals surface area contributed by atoms with Crippen LogP contribution in [0.3, 0.4) is 0 Å². The molecule has 1 aromatic carbocycles. The Morgan fingerprint density at radius 1 is 1.09 bits per heavy atom. The third-order valence-electron chi connectivity index (χ3n) is 8.89. The van der Waals surface area contributed by atoms with Gasteiger partial charge < -0.3 is 15.2 Å². The Morgan fingerprint density at radius 3 is 2.67 bits per heavy atom. The van der Waals surface area contributed by atoms with E-state index in [1.807, 2.05) is 13.8 Å². The largest absolute Gasteiger partial charge is 0.361 e. The number of nitrogens with one attached hydrogen (secondary N) is 2. The molecular weight excluding hydrogens is 410 g/mol. The van der Waals surface area contributed by atoms with Gasteiger partial charge in [0.25, 0.3) is 0 Å². The number of aromatic nitrogens is 1. The second kappa shape index (κ2) is 9.52. The third-order valence-corrected chi connectivity index (χ3v) is 8.89. The lowest BCUT2D eigenvalue weighted by Gasteiger charge is -2.37. The first-order valence-corrected chi connectivity index (χ1v) is 13.2. The van der Waals surface area contributed by atoms with Gasteiger partial charge in [-0.1, -0.05) is 51.3 Å². The van der Waals surface area contributed by atoms with Crippen LogP contribution in [0.2, 0.25) is 0 Å². The first kappa shape index (κ1) is 22.5. The maximum Gasteiger partial charge on any atom is 0.245 e. The second-order valence-corrected chi connectivity index (χ2v) is 10.7. The van der Waals surface area contributed by atoms with Gasteiger partial charge in [0.1, 0.15) is 6.04 Å². The topological polar surface area (TPSA) is 65.2 Å². The smallest absolute Gasteiger partial charge is 0.245 e. The molecule has 2 heterocycles. The summed E-state index contributed by atoms with van der Waals surface area (Å²) < 4.78 is 0. The molecule has 5 heteroatoms. The molecule has 5 atom stereocenters. The van der Waals surface area contributed by atoms with Crippen LogP contribution in [0.15, 0.2) is 30.5 Å². The standard InChI is InChI=1S/C28H39N3O2/c1-3-18(2)27(32)30-25(19-9-5-4-6-10-19)28(33)31-16-15-20-13-14-22(26(20)31)23-17-29-24-12-8-7-11-21(23)24/h7-8,11-12,17-20,22,25-26,29H,3-6,9-10,13-16H2,1-2H3,(H,30,32)/t18-,20-,22+,25+,26+/m1/s1. The van der Waals surface area contributed by atoms with Crippen molar-refractivity contribution in [1.82, 2.24) is 15.2 Å². The first-order valence-electron chi connectivity index (χ1n) is 13.2. The van der Waals surface area contributed by atoms with Crippen LogP contribution in [-0.2, 0) is 9.59 Å². The summed E-state index contributed by atoms with van der Waals surface area (Å²) in [5.41, 5.74) is 2.53. The van der Waals surface area contributed by atoms with Crippen molar-refractivity contribution in [2.75, 3.05) is 6.54 Å². The molecular formula is C28H39N3O2. The number of aromatic amines is 1. The molecule has 1 aromatic heterocycles. The van der Waals surface area contributed by atoms with E-state index in [0.717, 1.165) is 51.5 Å². The number of hydrogen-bond donors (Lipinski definition) is 2. The van der Waals surface area contributed by atoms with Gasteiger partial charge in [0, 0.05) is 41.5 Å². The Balaban J connectivity index is 1.42. The maximum atomic E-state index is 14.1. The third kappa shape index (κ3) is 4.20. The summed E-state index contributed by atoms with van der Waals surface area (Å²) in [7, 11) is 0. The molecule has 0 bridgehead atoms. The summed E-state index contributed by atoms with van der Waals surface area (Å²) in [6.45, 7) is 4.83. The van der Waals surface area contributed by atoms with Crippen LogP contribution in [0.4, 0.5) is 0 Å². The van der Waals surface area contributed by atoms with Gasteiger partial charge >= 0.3 is 0 Å². The van der Waals surface area contributed by atoms with Crippen LogP contribution in [0.25, 0.3) is 10.9 Å². The lowest BCUT2D eigenvalue weighted by molar-refractivity contribution is -0.140. The van der Waals surface area contributed by atoms with Crippen molar-refractivity contribution in [3.8, 4) is 0 Å². The lowest BCUT2D eigenvalue weighted by atomic mass is 9.82. The molecule has 0 unspecified atom stereocenters. The quantitative estimate of drug-likeness (QED) is 0.622. The van der Waals surface area contributed by atoms with E-state index in [-0.39, 0.29) is 35.7 Å². The van der Waals surface area contributed by atoms with Crippen LogP contribution >= 0.6 is 0 Å². The van der Waals surface area contributed by atoms with Crippen LogP contribution in [0.5, 0.6) is 0 Å². The minimum atomic E-state index is -0.366. The molecule has 178 valence electrons. The first-order chi connectivity index (χ1) is 16.1. The second-order valence-electron chi connectivity index (χ2n) is 10.7. The molecule has 2 saturated carbocycles. The van der Waals surface area contributed by atoms with E-state index in [1.54, 1.807) is 0 Å². The highest BCUT2D eigenvalue weighted by Crippen LogP contribution is 2.48. The molecule has 1 aliphatic heterocycles. The SMILES string of the molecule is CC[C@@H](C)C(=O)N[C@H](C(=O)N1CC[C@H]2CC[C@@H](c3c[nH]c4ccccc34)[C@H]21)C1CCCCC1. The lowest BCUT2D eigenvalue weighted by Crippen LogP contribution is -2.55. The van der Waals surface area contributed by atoms with E-state index < -0.39 is 0 Å². The van der Waals surface area contributed by atoms with E-state index in [0.29, 0.717) is 11.8 Å². The van der Waals surface area contributed by atoms with Crippen molar-refractivity contribution >= 4 is 22.7 Å². The van der Waals surface area contributed by atoms with Gasteiger partial charge in [0.15, 0.2) is 0 Å². The Labute approximate surface area is 197 Å². The van der Waals surface area contributed by atoms with E-state index in [2.05, 4.69) is 45.7 Å². The van der Waals surface area contributed by atoms with Gasteiger partial charge in [0.2, 0.25) is 11.8 Å². The minimum absolute atomic E-state index is 0.0387. The fraction of sp³-hybridized carbons (Fsp3) is 0.643. The number of amides is 2. The van der Waals surface area contributed by atoms with Crippen molar-refractivity contribution in [1.29, 1.82) is 0 Å². The molecule has 3 fully saturated rings.